The molecule has 0 aliphatic carbocycles. The normalized spacial score (nSPS) is 12.5. The van der Waals surface area contributed by atoms with Gasteiger partial charge in [0, 0.05) is 16.3 Å². The second kappa shape index (κ2) is 9.04. The van der Waals surface area contributed by atoms with E-state index < -0.39 is 21.7 Å². The van der Waals surface area contributed by atoms with Crippen LogP contribution in [0.25, 0.3) is 0 Å². The molecule has 0 atom stereocenters. The predicted molar refractivity (Wildman–Crippen MR) is 124 cm³/mol. The zero-order valence-corrected chi connectivity index (χ0v) is 20.8. The summed E-state index contributed by atoms with van der Waals surface area (Å²) in [5.41, 5.74) is 1.12. The molecule has 166 valence electrons. The molecule has 0 unspecified atom stereocenters. The maximum Gasteiger partial charge on any atom is 0.333 e. The Morgan fingerprint density at radius 2 is 1.57 bits per heavy atom. The van der Waals surface area contributed by atoms with Gasteiger partial charge in [-0.1, -0.05) is 50.9 Å². The molecule has 0 fully saturated rings. The molecule has 2 rings (SSSR count). The van der Waals surface area contributed by atoms with Gasteiger partial charge in [-0.15, -0.1) is 11.3 Å². The first kappa shape index (κ1) is 24.9. The van der Waals surface area contributed by atoms with Gasteiger partial charge in [-0.05, 0) is 55.0 Å². The molecule has 2 amide bonds. The van der Waals surface area contributed by atoms with Gasteiger partial charge in [0.15, 0.2) is 0 Å². The summed E-state index contributed by atoms with van der Waals surface area (Å²) < 4.78 is 27.4. The van der Waals surface area contributed by atoms with E-state index >= 15 is 0 Å². The van der Waals surface area contributed by atoms with Crippen molar-refractivity contribution in [2.75, 3.05) is 5.32 Å². The summed E-state index contributed by atoms with van der Waals surface area (Å²) in [6, 6.07) is 3.90. The van der Waals surface area contributed by atoms with Crippen LogP contribution < -0.4 is 10.0 Å². The van der Waals surface area contributed by atoms with Crippen LogP contribution in [0, 0.1) is 0 Å². The number of nitrogens with one attached hydrogen (secondary N) is 2. The number of thiophene rings is 1. The summed E-state index contributed by atoms with van der Waals surface area (Å²) in [6.07, 6.45) is 0. The van der Waals surface area contributed by atoms with Crippen LogP contribution in [0.5, 0.6) is 0 Å². The van der Waals surface area contributed by atoms with Crippen LogP contribution in [0.2, 0.25) is 9.36 Å². The average molecular weight is 493 g/mol. The lowest BCUT2D eigenvalue weighted by atomic mass is 9.92. The van der Waals surface area contributed by atoms with E-state index in [2.05, 4.69) is 5.32 Å². The fraction of sp³-hybridized carbons (Fsp3) is 0.450. The lowest BCUT2D eigenvalue weighted by Crippen LogP contribution is -2.34. The standard InChI is InChI=1S/C20H26Cl2N2O4S2/c1-10(2)13-7-12(21)8-14(11(3)4)17(13)23-19(25)24-30(27,28)16-9-15(18(22)29-16)20(5,6)26/h7-11,26H,1-6H3,(H2,23,24,25). The highest BCUT2D eigenvalue weighted by Gasteiger charge is 2.28. The zero-order chi connectivity index (χ0) is 23.0. The highest BCUT2D eigenvalue weighted by atomic mass is 35.5. The van der Waals surface area contributed by atoms with Crippen LogP contribution in [0.1, 0.15) is 70.1 Å². The molecule has 0 saturated heterocycles. The Bertz CT molecular complexity index is 1030. The fourth-order valence-electron chi connectivity index (χ4n) is 2.91. The van der Waals surface area contributed by atoms with Crippen LogP contribution in [0.3, 0.4) is 0 Å². The van der Waals surface area contributed by atoms with Gasteiger partial charge in [0.25, 0.3) is 10.0 Å². The minimum atomic E-state index is -4.18. The molecule has 3 N–H and O–H groups in total. The molecule has 1 heterocycles. The highest BCUT2D eigenvalue weighted by Crippen LogP contribution is 2.38. The lowest BCUT2D eigenvalue weighted by molar-refractivity contribution is 0.0790. The molecule has 0 bridgehead atoms. The first-order chi connectivity index (χ1) is 13.6. The molecule has 2 aromatic rings. The number of urea groups is 1. The number of rotatable bonds is 6. The molecule has 0 spiro atoms. The number of anilines is 1. The molecule has 0 radical (unpaired) electrons. The maximum absolute atomic E-state index is 12.7. The van der Waals surface area contributed by atoms with E-state index in [9.17, 15) is 18.3 Å². The fourth-order valence-corrected chi connectivity index (χ4v) is 6.08. The lowest BCUT2D eigenvalue weighted by Gasteiger charge is -2.21. The Morgan fingerprint density at radius 3 is 1.97 bits per heavy atom. The van der Waals surface area contributed by atoms with E-state index in [-0.39, 0.29) is 25.9 Å². The van der Waals surface area contributed by atoms with Crippen LogP contribution in [0.4, 0.5) is 10.5 Å². The van der Waals surface area contributed by atoms with Gasteiger partial charge in [0.1, 0.15) is 8.55 Å². The number of halogens is 2. The second-order valence-corrected chi connectivity index (χ2v) is 12.1. The molecular weight excluding hydrogens is 467 g/mol. The maximum atomic E-state index is 12.7. The van der Waals surface area contributed by atoms with Crippen molar-refractivity contribution in [2.24, 2.45) is 0 Å². The van der Waals surface area contributed by atoms with E-state index in [1.54, 1.807) is 12.1 Å². The Hall–Kier alpha value is -1.32. The number of aliphatic hydroxyl groups is 1. The van der Waals surface area contributed by atoms with Crippen LogP contribution in [-0.2, 0) is 15.6 Å². The number of sulfonamides is 1. The Labute approximate surface area is 191 Å². The molecule has 6 nitrogen and oxygen atoms in total. The van der Waals surface area contributed by atoms with E-state index in [0.717, 1.165) is 22.5 Å². The summed E-state index contributed by atoms with van der Waals surface area (Å²) in [6.45, 7) is 10.8. The van der Waals surface area contributed by atoms with Gasteiger partial charge >= 0.3 is 6.03 Å². The van der Waals surface area contributed by atoms with Crippen molar-refractivity contribution in [2.45, 2.75) is 63.2 Å². The third-order valence-corrected chi connectivity index (χ3v) is 7.84. The average Bonchev–Trinajstić information content (AvgIpc) is 2.98. The number of amides is 2. The molecule has 0 saturated carbocycles. The van der Waals surface area contributed by atoms with Gasteiger partial charge < -0.3 is 10.4 Å². The largest absolute Gasteiger partial charge is 0.386 e. The number of hydrogen-bond acceptors (Lipinski definition) is 5. The van der Waals surface area contributed by atoms with E-state index in [0.29, 0.717) is 10.7 Å². The quantitative estimate of drug-likeness (QED) is 0.457. The van der Waals surface area contributed by atoms with E-state index in [1.165, 1.54) is 19.9 Å². The summed E-state index contributed by atoms with van der Waals surface area (Å²) in [5.74, 6) is 0.108. The monoisotopic (exact) mass is 492 g/mol. The molecule has 1 aromatic carbocycles. The number of carbonyl (C=O) groups excluding carboxylic acids is 1. The topological polar surface area (TPSA) is 95.5 Å². The van der Waals surface area contributed by atoms with Crippen LogP contribution in [0.15, 0.2) is 22.4 Å². The molecule has 0 aliphatic heterocycles. The van der Waals surface area contributed by atoms with Gasteiger partial charge in [-0.2, -0.15) is 0 Å². The smallest absolute Gasteiger partial charge is 0.333 e. The first-order valence-electron chi connectivity index (χ1n) is 9.32. The SMILES string of the molecule is CC(C)c1cc(Cl)cc(C(C)C)c1NC(=O)NS(=O)(=O)c1cc(C(C)(C)O)c(Cl)s1. The molecular formula is C20H26Cl2N2O4S2. The minimum absolute atomic E-state index is 0.0542. The Kier molecular flexibility index (Phi) is 7.52. The summed E-state index contributed by atoms with van der Waals surface area (Å²) in [5, 5.41) is 13.4. The zero-order valence-electron chi connectivity index (χ0n) is 17.6. The number of hydrogen-bond donors (Lipinski definition) is 3. The molecule has 1 aromatic heterocycles. The van der Waals surface area contributed by atoms with Crippen molar-refractivity contribution in [3.63, 3.8) is 0 Å². The second-order valence-electron chi connectivity index (χ2n) is 8.14. The van der Waals surface area contributed by atoms with Gasteiger partial charge in [0.05, 0.1) is 5.60 Å². The van der Waals surface area contributed by atoms with Gasteiger partial charge in [-0.3, -0.25) is 0 Å². The minimum Gasteiger partial charge on any atom is -0.386 e. The van der Waals surface area contributed by atoms with Gasteiger partial charge in [0.2, 0.25) is 0 Å². The first-order valence-corrected chi connectivity index (χ1v) is 12.4. The summed E-state index contributed by atoms with van der Waals surface area (Å²) in [7, 11) is -4.18. The van der Waals surface area contributed by atoms with Crippen molar-refractivity contribution in [1.82, 2.24) is 4.72 Å². The summed E-state index contributed by atoms with van der Waals surface area (Å²) >= 11 is 13.1. The Balaban J connectivity index is 2.36. The van der Waals surface area contributed by atoms with E-state index in [1.807, 2.05) is 32.4 Å². The van der Waals surface area contributed by atoms with E-state index in [4.69, 9.17) is 23.2 Å². The number of benzene rings is 1. The molecule has 30 heavy (non-hydrogen) atoms. The highest BCUT2D eigenvalue weighted by molar-refractivity contribution is 7.92. The summed E-state index contributed by atoms with van der Waals surface area (Å²) in [4.78, 5) is 12.6. The molecule has 0 aliphatic rings. The van der Waals surface area contributed by atoms with Crippen molar-refractivity contribution in [1.29, 1.82) is 0 Å². The molecule has 10 heteroatoms. The van der Waals surface area contributed by atoms with Crippen LogP contribution >= 0.6 is 34.5 Å². The Morgan fingerprint density at radius 1 is 1.07 bits per heavy atom. The third-order valence-electron chi connectivity index (χ3n) is 4.46. The van der Waals surface area contributed by atoms with Crippen molar-refractivity contribution in [3.8, 4) is 0 Å². The predicted octanol–water partition coefficient (Wildman–Crippen LogP) is 6.04. The van der Waals surface area contributed by atoms with Crippen molar-refractivity contribution >= 4 is 56.3 Å². The third kappa shape index (κ3) is 5.68. The van der Waals surface area contributed by atoms with Crippen LogP contribution in [-0.4, -0.2) is 19.6 Å². The number of carbonyl (C=O) groups is 1. The van der Waals surface area contributed by atoms with Gasteiger partial charge in [-0.25, -0.2) is 17.9 Å². The van der Waals surface area contributed by atoms with Crippen molar-refractivity contribution < 1.29 is 18.3 Å². The van der Waals surface area contributed by atoms with Crippen molar-refractivity contribution in [3.05, 3.63) is 44.2 Å².